The maximum absolute atomic E-state index is 12.3. The first-order chi connectivity index (χ1) is 10.6. The molecule has 2 aromatic carbocycles. The normalized spacial score (nSPS) is 11.6. The van der Waals surface area contributed by atoms with E-state index < -0.39 is 6.10 Å². The van der Waals surface area contributed by atoms with Crippen LogP contribution in [-0.4, -0.2) is 18.6 Å². The fourth-order valence-electron chi connectivity index (χ4n) is 2.03. The Balaban J connectivity index is 2.02. The lowest BCUT2D eigenvalue weighted by Gasteiger charge is -2.16. The summed E-state index contributed by atoms with van der Waals surface area (Å²) in [5, 5.41) is 2.84. The van der Waals surface area contributed by atoms with Gasteiger partial charge in [-0.05, 0) is 50.6 Å². The molecule has 0 aromatic heterocycles. The van der Waals surface area contributed by atoms with E-state index in [0.29, 0.717) is 23.8 Å². The minimum atomic E-state index is -0.600. The molecule has 0 aliphatic carbocycles. The predicted octanol–water partition coefficient (Wildman–Crippen LogP) is 3.80. The Labute approximate surface area is 131 Å². The molecule has 4 heteroatoms. The van der Waals surface area contributed by atoms with Gasteiger partial charge in [-0.25, -0.2) is 0 Å². The number of rotatable bonds is 6. The summed E-state index contributed by atoms with van der Waals surface area (Å²) in [6.45, 7) is 6.15. The van der Waals surface area contributed by atoms with Crippen LogP contribution in [0.2, 0.25) is 0 Å². The van der Waals surface area contributed by atoms with Gasteiger partial charge in [-0.15, -0.1) is 0 Å². The number of nitrogens with one attached hydrogen (secondary N) is 1. The number of carbonyl (C=O) groups excluding carboxylic acids is 1. The number of hydrogen-bond donors (Lipinski definition) is 1. The van der Waals surface area contributed by atoms with Gasteiger partial charge in [0.15, 0.2) is 6.10 Å². The molecule has 1 N–H and O–H groups in total. The molecule has 22 heavy (non-hydrogen) atoms. The van der Waals surface area contributed by atoms with E-state index in [2.05, 4.69) is 5.32 Å². The highest BCUT2D eigenvalue weighted by Crippen LogP contribution is 2.24. The van der Waals surface area contributed by atoms with E-state index in [9.17, 15) is 4.79 Å². The number of amides is 1. The molecule has 116 valence electrons. The van der Waals surface area contributed by atoms with Crippen molar-refractivity contribution in [2.75, 3.05) is 11.9 Å². The third-order valence-corrected chi connectivity index (χ3v) is 3.12. The first kappa shape index (κ1) is 15.9. The van der Waals surface area contributed by atoms with Crippen LogP contribution in [0, 0.1) is 6.92 Å². The second kappa shape index (κ2) is 7.50. The van der Waals surface area contributed by atoms with Crippen molar-refractivity contribution in [3.8, 4) is 11.5 Å². The largest absolute Gasteiger partial charge is 0.492 e. The second-order valence-electron chi connectivity index (χ2n) is 5.00. The zero-order valence-electron chi connectivity index (χ0n) is 13.1. The predicted molar refractivity (Wildman–Crippen MR) is 87.5 cm³/mol. The van der Waals surface area contributed by atoms with Gasteiger partial charge in [-0.3, -0.25) is 4.79 Å². The van der Waals surface area contributed by atoms with Crippen LogP contribution in [0.5, 0.6) is 11.5 Å². The van der Waals surface area contributed by atoms with Crippen LogP contribution < -0.4 is 14.8 Å². The van der Waals surface area contributed by atoms with Gasteiger partial charge in [0.05, 0.1) is 12.3 Å². The van der Waals surface area contributed by atoms with Gasteiger partial charge in [-0.2, -0.15) is 0 Å². The molecule has 1 unspecified atom stereocenters. The third-order valence-electron chi connectivity index (χ3n) is 3.12. The zero-order valence-corrected chi connectivity index (χ0v) is 13.1. The minimum Gasteiger partial charge on any atom is -0.492 e. The maximum Gasteiger partial charge on any atom is 0.265 e. The van der Waals surface area contributed by atoms with Gasteiger partial charge < -0.3 is 14.8 Å². The summed E-state index contributed by atoms with van der Waals surface area (Å²) in [7, 11) is 0. The molecule has 0 fully saturated rings. The molecule has 0 aliphatic heterocycles. The molecule has 0 spiro atoms. The average molecular weight is 299 g/mol. The Morgan fingerprint density at radius 2 is 1.95 bits per heavy atom. The minimum absolute atomic E-state index is 0.214. The number of carbonyl (C=O) groups is 1. The lowest BCUT2D eigenvalue weighted by atomic mass is 10.2. The Bertz CT molecular complexity index is 640. The maximum atomic E-state index is 12.3. The fraction of sp³-hybridized carbons (Fsp3) is 0.278. The first-order valence-electron chi connectivity index (χ1n) is 7.36. The second-order valence-corrected chi connectivity index (χ2v) is 5.00. The molecule has 2 rings (SSSR count). The van der Waals surface area contributed by atoms with E-state index in [4.69, 9.17) is 9.47 Å². The van der Waals surface area contributed by atoms with Crippen LogP contribution in [0.15, 0.2) is 48.5 Å². The van der Waals surface area contributed by atoms with Crippen molar-refractivity contribution >= 4 is 11.6 Å². The molecule has 0 radical (unpaired) electrons. The van der Waals surface area contributed by atoms with Gasteiger partial charge in [0.2, 0.25) is 0 Å². The summed E-state index contributed by atoms with van der Waals surface area (Å²) in [5.41, 5.74) is 1.74. The topological polar surface area (TPSA) is 47.6 Å². The van der Waals surface area contributed by atoms with Crippen LogP contribution in [0.4, 0.5) is 5.69 Å². The number of hydrogen-bond acceptors (Lipinski definition) is 3. The summed E-state index contributed by atoms with van der Waals surface area (Å²) in [4.78, 5) is 12.3. The van der Waals surface area contributed by atoms with Gasteiger partial charge in [-0.1, -0.05) is 24.3 Å². The van der Waals surface area contributed by atoms with Crippen molar-refractivity contribution in [2.45, 2.75) is 26.9 Å². The van der Waals surface area contributed by atoms with Crippen molar-refractivity contribution in [1.82, 2.24) is 0 Å². The lowest BCUT2D eigenvalue weighted by molar-refractivity contribution is -0.122. The number of anilines is 1. The molecular formula is C18H21NO3. The van der Waals surface area contributed by atoms with Gasteiger partial charge >= 0.3 is 0 Å². The Hall–Kier alpha value is -2.49. The molecule has 2 aromatic rings. The van der Waals surface area contributed by atoms with Crippen LogP contribution in [0.1, 0.15) is 19.4 Å². The first-order valence-corrected chi connectivity index (χ1v) is 7.36. The Morgan fingerprint density at radius 3 is 2.68 bits per heavy atom. The van der Waals surface area contributed by atoms with Crippen molar-refractivity contribution in [1.29, 1.82) is 0 Å². The van der Waals surface area contributed by atoms with E-state index in [-0.39, 0.29) is 5.91 Å². The van der Waals surface area contributed by atoms with Crippen molar-refractivity contribution in [3.05, 3.63) is 54.1 Å². The number of ether oxygens (including phenoxy) is 2. The van der Waals surface area contributed by atoms with Gasteiger partial charge in [0.25, 0.3) is 5.91 Å². The van der Waals surface area contributed by atoms with E-state index >= 15 is 0 Å². The summed E-state index contributed by atoms with van der Waals surface area (Å²) >= 11 is 0. The number of aryl methyl sites for hydroxylation is 1. The molecule has 1 atom stereocenters. The lowest BCUT2D eigenvalue weighted by Crippen LogP contribution is -2.30. The van der Waals surface area contributed by atoms with Crippen LogP contribution in [0.25, 0.3) is 0 Å². The van der Waals surface area contributed by atoms with Crippen molar-refractivity contribution in [3.63, 3.8) is 0 Å². The smallest absolute Gasteiger partial charge is 0.265 e. The van der Waals surface area contributed by atoms with E-state index in [1.165, 1.54) is 0 Å². The summed E-state index contributed by atoms with van der Waals surface area (Å²) in [6.07, 6.45) is -0.600. The highest BCUT2D eigenvalue weighted by molar-refractivity contribution is 5.95. The molecule has 0 saturated heterocycles. The SMILES string of the molecule is CCOc1ccccc1NC(=O)C(C)Oc1cccc(C)c1. The number of para-hydroxylation sites is 2. The van der Waals surface area contributed by atoms with E-state index in [1.54, 1.807) is 6.92 Å². The quantitative estimate of drug-likeness (QED) is 0.882. The summed E-state index contributed by atoms with van der Waals surface area (Å²) in [5.74, 6) is 1.12. The van der Waals surface area contributed by atoms with Crippen molar-refractivity contribution in [2.24, 2.45) is 0 Å². The molecule has 4 nitrogen and oxygen atoms in total. The molecule has 0 aliphatic rings. The molecular weight excluding hydrogens is 278 g/mol. The van der Waals surface area contributed by atoms with Crippen LogP contribution in [-0.2, 0) is 4.79 Å². The van der Waals surface area contributed by atoms with Crippen molar-refractivity contribution < 1.29 is 14.3 Å². The molecule has 0 bridgehead atoms. The van der Waals surface area contributed by atoms with Crippen LogP contribution in [0.3, 0.4) is 0 Å². The number of benzene rings is 2. The molecule has 0 heterocycles. The van der Waals surface area contributed by atoms with Gasteiger partial charge in [0.1, 0.15) is 11.5 Å². The zero-order chi connectivity index (χ0) is 15.9. The average Bonchev–Trinajstić information content (AvgIpc) is 2.49. The monoisotopic (exact) mass is 299 g/mol. The standard InChI is InChI=1S/C18H21NO3/c1-4-21-17-11-6-5-10-16(17)19-18(20)14(3)22-15-9-7-8-13(2)12-15/h5-12,14H,4H2,1-3H3,(H,19,20). The van der Waals surface area contributed by atoms with E-state index in [1.807, 2.05) is 62.4 Å². The van der Waals surface area contributed by atoms with E-state index in [0.717, 1.165) is 5.56 Å². The van der Waals surface area contributed by atoms with Crippen LogP contribution >= 0.6 is 0 Å². The fourth-order valence-corrected chi connectivity index (χ4v) is 2.03. The Kier molecular flexibility index (Phi) is 5.42. The Morgan fingerprint density at radius 1 is 1.18 bits per heavy atom. The highest BCUT2D eigenvalue weighted by atomic mass is 16.5. The summed E-state index contributed by atoms with van der Waals surface area (Å²) < 4.78 is 11.2. The molecule has 0 saturated carbocycles. The molecule has 1 amide bonds. The van der Waals surface area contributed by atoms with Gasteiger partial charge in [0, 0.05) is 0 Å². The third kappa shape index (κ3) is 4.25. The summed E-state index contributed by atoms with van der Waals surface area (Å²) in [6, 6.07) is 15.0. The highest BCUT2D eigenvalue weighted by Gasteiger charge is 2.16.